The van der Waals surface area contributed by atoms with Crippen LogP contribution in [0.25, 0.3) is 0 Å². The number of nitrogens with one attached hydrogen (secondary N) is 3. The number of piperidine rings is 1. The van der Waals surface area contributed by atoms with Gasteiger partial charge in [-0.1, -0.05) is 25.0 Å². The molecule has 3 amide bonds. The molecule has 1 aromatic rings. The van der Waals surface area contributed by atoms with Crippen molar-refractivity contribution in [3.05, 3.63) is 29.8 Å². The van der Waals surface area contributed by atoms with Crippen molar-refractivity contribution in [3.8, 4) is 0 Å². The minimum Gasteiger partial charge on any atom is -0.444 e. The highest BCUT2D eigenvalue weighted by atomic mass is 16.6. The van der Waals surface area contributed by atoms with Gasteiger partial charge in [-0.15, -0.1) is 0 Å². The molecule has 32 heavy (non-hydrogen) atoms. The standard InChI is InChI=1S/C25H40N4O3/c1-25(2,3)32-24(31)26-15-12-19-8-10-21(11-9-19)28-22-13-16-29(17-14-22)23(30)27-18-20-6-4-5-7-20/h8-11,20,22,28H,4-7,12-18H2,1-3H3,(H,26,31)(H,27,30). The first-order valence-electron chi connectivity index (χ1n) is 12.1. The molecule has 1 heterocycles. The summed E-state index contributed by atoms with van der Waals surface area (Å²) in [4.78, 5) is 26.1. The minimum atomic E-state index is -0.479. The molecular formula is C25H40N4O3. The van der Waals surface area contributed by atoms with E-state index in [-0.39, 0.29) is 12.1 Å². The van der Waals surface area contributed by atoms with Crippen LogP contribution in [0.15, 0.2) is 24.3 Å². The summed E-state index contributed by atoms with van der Waals surface area (Å²) in [5.41, 5.74) is 1.78. The van der Waals surface area contributed by atoms with Gasteiger partial charge in [-0.3, -0.25) is 0 Å². The van der Waals surface area contributed by atoms with Crippen LogP contribution in [0.4, 0.5) is 15.3 Å². The van der Waals surface area contributed by atoms with E-state index in [1.807, 2.05) is 25.7 Å². The van der Waals surface area contributed by atoms with E-state index in [4.69, 9.17) is 4.74 Å². The number of rotatable bonds is 7. The van der Waals surface area contributed by atoms with Gasteiger partial charge in [-0.25, -0.2) is 9.59 Å². The lowest BCUT2D eigenvalue weighted by atomic mass is 10.0. The van der Waals surface area contributed by atoms with Crippen molar-refractivity contribution in [1.82, 2.24) is 15.5 Å². The Labute approximate surface area is 192 Å². The fourth-order valence-corrected chi connectivity index (χ4v) is 4.41. The number of nitrogens with zero attached hydrogens (tertiary/aromatic N) is 1. The number of hydrogen-bond acceptors (Lipinski definition) is 4. The van der Waals surface area contributed by atoms with E-state index >= 15 is 0 Å². The van der Waals surface area contributed by atoms with Gasteiger partial charge in [0.25, 0.3) is 0 Å². The van der Waals surface area contributed by atoms with Gasteiger partial charge in [0.15, 0.2) is 0 Å². The molecule has 1 saturated heterocycles. The van der Waals surface area contributed by atoms with Crippen LogP contribution in [0.3, 0.4) is 0 Å². The van der Waals surface area contributed by atoms with Gasteiger partial charge in [0, 0.05) is 37.9 Å². The predicted octanol–water partition coefficient (Wildman–Crippen LogP) is 4.53. The number of ether oxygens (including phenoxy) is 1. The Morgan fingerprint density at radius 1 is 1.00 bits per heavy atom. The number of amides is 3. The Hall–Kier alpha value is -2.44. The second kappa shape index (κ2) is 11.4. The average molecular weight is 445 g/mol. The average Bonchev–Trinajstić information content (AvgIpc) is 3.26. The van der Waals surface area contributed by atoms with Crippen molar-refractivity contribution >= 4 is 17.8 Å². The lowest BCUT2D eigenvalue weighted by molar-refractivity contribution is 0.0528. The largest absolute Gasteiger partial charge is 0.444 e. The summed E-state index contributed by atoms with van der Waals surface area (Å²) in [5, 5.41) is 9.52. The Balaban J connectivity index is 1.32. The van der Waals surface area contributed by atoms with Crippen LogP contribution in [0.5, 0.6) is 0 Å². The number of benzene rings is 1. The van der Waals surface area contributed by atoms with Crippen molar-refractivity contribution in [3.63, 3.8) is 0 Å². The smallest absolute Gasteiger partial charge is 0.407 e. The molecule has 2 aliphatic rings. The Morgan fingerprint density at radius 3 is 2.28 bits per heavy atom. The topological polar surface area (TPSA) is 82.7 Å². The van der Waals surface area contributed by atoms with E-state index < -0.39 is 5.60 Å². The number of likely N-dealkylation sites (tertiary alicyclic amines) is 1. The fourth-order valence-electron chi connectivity index (χ4n) is 4.41. The summed E-state index contributed by atoms with van der Waals surface area (Å²) < 4.78 is 5.25. The van der Waals surface area contributed by atoms with Crippen LogP contribution in [-0.2, 0) is 11.2 Å². The zero-order chi connectivity index (χ0) is 23.0. The van der Waals surface area contributed by atoms with Crippen LogP contribution in [-0.4, -0.2) is 54.8 Å². The molecule has 1 saturated carbocycles. The summed E-state index contributed by atoms with van der Waals surface area (Å²) >= 11 is 0. The number of hydrogen-bond donors (Lipinski definition) is 3. The fraction of sp³-hybridized carbons (Fsp3) is 0.680. The van der Waals surface area contributed by atoms with Crippen molar-refractivity contribution < 1.29 is 14.3 Å². The summed E-state index contributed by atoms with van der Waals surface area (Å²) in [5.74, 6) is 0.675. The first kappa shape index (κ1) is 24.2. The molecule has 0 spiro atoms. The monoisotopic (exact) mass is 444 g/mol. The zero-order valence-corrected chi connectivity index (χ0v) is 19.9. The third-order valence-corrected chi connectivity index (χ3v) is 6.21. The SMILES string of the molecule is CC(C)(C)OC(=O)NCCc1ccc(NC2CCN(C(=O)NCC3CCCC3)CC2)cc1. The van der Waals surface area contributed by atoms with E-state index in [9.17, 15) is 9.59 Å². The molecule has 2 fully saturated rings. The first-order chi connectivity index (χ1) is 15.3. The third kappa shape index (κ3) is 8.24. The molecule has 0 bridgehead atoms. The van der Waals surface area contributed by atoms with Gasteiger partial charge in [0.05, 0.1) is 0 Å². The van der Waals surface area contributed by atoms with Crippen LogP contribution >= 0.6 is 0 Å². The number of anilines is 1. The van der Waals surface area contributed by atoms with Crippen molar-refractivity contribution in [1.29, 1.82) is 0 Å². The van der Waals surface area contributed by atoms with Gasteiger partial charge in [-0.2, -0.15) is 0 Å². The maximum atomic E-state index is 12.4. The summed E-state index contributed by atoms with van der Waals surface area (Å²) in [7, 11) is 0. The van der Waals surface area contributed by atoms with Gasteiger partial charge in [0.1, 0.15) is 5.60 Å². The van der Waals surface area contributed by atoms with Gasteiger partial charge in [-0.05, 0) is 76.5 Å². The summed E-state index contributed by atoms with van der Waals surface area (Å²) in [6.45, 7) is 8.53. The normalized spacial score (nSPS) is 17.8. The van der Waals surface area contributed by atoms with Crippen molar-refractivity contribution in [2.75, 3.05) is 31.5 Å². The zero-order valence-electron chi connectivity index (χ0n) is 19.9. The number of alkyl carbamates (subject to hydrolysis) is 1. The second-order valence-electron chi connectivity index (χ2n) is 10.1. The molecule has 0 unspecified atom stereocenters. The van der Waals surface area contributed by atoms with Crippen LogP contribution < -0.4 is 16.0 Å². The summed E-state index contributed by atoms with van der Waals surface area (Å²) in [6, 6.07) is 8.83. The maximum absolute atomic E-state index is 12.4. The van der Waals surface area contributed by atoms with Crippen LogP contribution in [0, 0.1) is 5.92 Å². The highest BCUT2D eigenvalue weighted by molar-refractivity contribution is 5.74. The van der Waals surface area contributed by atoms with Gasteiger partial charge >= 0.3 is 12.1 Å². The first-order valence-corrected chi connectivity index (χ1v) is 12.1. The minimum absolute atomic E-state index is 0.0969. The molecule has 7 nitrogen and oxygen atoms in total. The second-order valence-corrected chi connectivity index (χ2v) is 10.1. The van der Waals surface area contributed by atoms with Gasteiger partial charge < -0.3 is 25.6 Å². The molecule has 7 heteroatoms. The van der Waals surface area contributed by atoms with E-state index in [1.54, 1.807) is 0 Å². The molecule has 0 atom stereocenters. The molecular weight excluding hydrogens is 404 g/mol. The van der Waals surface area contributed by atoms with E-state index in [0.29, 0.717) is 18.5 Å². The number of carbonyl (C=O) groups is 2. The molecule has 3 N–H and O–H groups in total. The lowest BCUT2D eigenvalue weighted by Gasteiger charge is -2.33. The molecule has 1 aliphatic carbocycles. The Kier molecular flexibility index (Phi) is 8.65. The Bertz CT molecular complexity index is 731. The third-order valence-electron chi connectivity index (χ3n) is 6.21. The number of carbonyl (C=O) groups excluding carboxylic acids is 2. The van der Waals surface area contributed by atoms with Crippen LogP contribution in [0.2, 0.25) is 0 Å². The van der Waals surface area contributed by atoms with E-state index in [0.717, 1.165) is 44.6 Å². The predicted molar refractivity (Wildman–Crippen MR) is 128 cm³/mol. The summed E-state index contributed by atoms with van der Waals surface area (Å²) in [6.07, 6.45) is 7.42. The highest BCUT2D eigenvalue weighted by Gasteiger charge is 2.24. The highest BCUT2D eigenvalue weighted by Crippen LogP contribution is 2.24. The van der Waals surface area contributed by atoms with Crippen molar-refractivity contribution in [2.45, 2.75) is 77.4 Å². The Morgan fingerprint density at radius 2 is 1.66 bits per heavy atom. The molecule has 0 aromatic heterocycles. The molecule has 178 valence electrons. The lowest BCUT2D eigenvalue weighted by Crippen LogP contribution is -2.47. The molecule has 3 rings (SSSR count). The maximum Gasteiger partial charge on any atom is 0.407 e. The molecule has 0 radical (unpaired) electrons. The van der Waals surface area contributed by atoms with Crippen molar-refractivity contribution in [2.24, 2.45) is 5.92 Å². The van der Waals surface area contributed by atoms with E-state index in [2.05, 4.69) is 40.2 Å². The number of urea groups is 1. The quantitative estimate of drug-likeness (QED) is 0.577. The van der Waals surface area contributed by atoms with E-state index in [1.165, 1.54) is 31.2 Å². The molecule has 1 aliphatic heterocycles. The van der Waals surface area contributed by atoms with Gasteiger partial charge in [0.2, 0.25) is 0 Å². The van der Waals surface area contributed by atoms with Crippen LogP contribution in [0.1, 0.15) is 64.9 Å². The molecule has 1 aromatic carbocycles.